The van der Waals surface area contributed by atoms with Gasteiger partial charge in [0.2, 0.25) is 0 Å². The Balaban J connectivity index is 2.33. The zero-order chi connectivity index (χ0) is 12.4. The van der Waals surface area contributed by atoms with Crippen LogP contribution in [0.3, 0.4) is 0 Å². The Hall–Kier alpha value is -1.64. The molecule has 2 nitrogen and oxygen atoms in total. The molecule has 0 fully saturated rings. The molecule has 1 heterocycles. The maximum Gasteiger partial charge on any atom is 0.123 e. The first kappa shape index (κ1) is 11.8. The molecular formula is C14H17FN2. The van der Waals surface area contributed by atoms with Gasteiger partial charge in [0.15, 0.2) is 0 Å². The summed E-state index contributed by atoms with van der Waals surface area (Å²) in [6, 6.07) is 4.84. The molecular weight excluding hydrogens is 215 g/mol. The van der Waals surface area contributed by atoms with E-state index >= 15 is 0 Å². The molecule has 0 bridgehead atoms. The van der Waals surface area contributed by atoms with Gasteiger partial charge in [-0.1, -0.05) is 19.9 Å². The van der Waals surface area contributed by atoms with Gasteiger partial charge in [-0.05, 0) is 36.1 Å². The van der Waals surface area contributed by atoms with Crippen LogP contribution < -0.4 is 0 Å². The van der Waals surface area contributed by atoms with E-state index in [1.165, 1.54) is 6.07 Å². The van der Waals surface area contributed by atoms with E-state index in [1.54, 1.807) is 18.3 Å². The van der Waals surface area contributed by atoms with Crippen LogP contribution in [0.1, 0.15) is 19.4 Å². The van der Waals surface area contributed by atoms with Gasteiger partial charge in [-0.25, -0.2) is 4.39 Å². The average Bonchev–Trinajstić information content (AvgIpc) is 2.69. The van der Waals surface area contributed by atoms with Crippen LogP contribution in [0.5, 0.6) is 0 Å². The van der Waals surface area contributed by atoms with Crippen molar-refractivity contribution in [3.05, 3.63) is 42.0 Å². The molecule has 0 N–H and O–H groups in total. The molecule has 0 aliphatic rings. The Morgan fingerprint density at radius 3 is 2.82 bits per heavy atom. The zero-order valence-electron chi connectivity index (χ0n) is 10.4. The van der Waals surface area contributed by atoms with Gasteiger partial charge in [0.1, 0.15) is 5.82 Å². The van der Waals surface area contributed by atoms with Gasteiger partial charge in [0.05, 0.1) is 6.20 Å². The van der Waals surface area contributed by atoms with Crippen LogP contribution >= 0.6 is 0 Å². The summed E-state index contributed by atoms with van der Waals surface area (Å²) in [4.78, 5) is 0. The lowest BCUT2D eigenvalue weighted by atomic mass is 10.0. The average molecular weight is 232 g/mol. The van der Waals surface area contributed by atoms with Crippen LogP contribution in [0.2, 0.25) is 0 Å². The minimum Gasteiger partial charge on any atom is -0.272 e. The summed E-state index contributed by atoms with van der Waals surface area (Å²) in [6.45, 7) is 7.16. The molecule has 0 unspecified atom stereocenters. The van der Waals surface area contributed by atoms with Gasteiger partial charge in [-0.2, -0.15) is 5.10 Å². The second kappa shape index (κ2) is 4.70. The van der Waals surface area contributed by atoms with E-state index in [-0.39, 0.29) is 5.82 Å². The summed E-state index contributed by atoms with van der Waals surface area (Å²) < 4.78 is 15.1. The molecule has 0 aliphatic carbocycles. The van der Waals surface area contributed by atoms with Crippen molar-refractivity contribution < 1.29 is 4.39 Å². The Morgan fingerprint density at radius 1 is 1.35 bits per heavy atom. The van der Waals surface area contributed by atoms with Gasteiger partial charge >= 0.3 is 0 Å². The van der Waals surface area contributed by atoms with Crippen LogP contribution in [-0.2, 0) is 6.54 Å². The number of hydrogen-bond donors (Lipinski definition) is 0. The summed E-state index contributed by atoms with van der Waals surface area (Å²) in [5.74, 6) is 0.346. The maximum atomic E-state index is 13.2. The molecule has 0 saturated heterocycles. The van der Waals surface area contributed by atoms with Crippen molar-refractivity contribution in [3.8, 4) is 11.1 Å². The van der Waals surface area contributed by atoms with Gasteiger partial charge in [-0.15, -0.1) is 0 Å². The second-order valence-electron chi connectivity index (χ2n) is 4.80. The largest absolute Gasteiger partial charge is 0.272 e. The van der Waals surface area contributed by atoms with Crippen molar-refractivity contribution in [2.24, 2.45) is 5.92 Å². The van der Waals surface area contributed by atoms with Crippen LogP contribution in [0.15, 0.2) is 30.6 Å². The lowest BCUT2D eigenvalue weighted by Gasteiger charge is -2.04. The highest BCUT2D eigenvalue weighted by atomic mass is 19.1. The fourth-order valence-electron chi connectivity index (χ4n) is 1.88. The Bertz CT molecular complexity index is 515. The summed E-state index contributed by atoms with van der Waals surface area (Å²) >= 11 is 0. The number of rotatable bonds is 3. The second-order valence-corrected chi connectivity index (χ2v) is 4.80. The SMILES string of the molecule is Cc1ccc(F)cc1-c1cnn(CC(C)C)c1. The monoisotopic (exact) mass is 232 g/mol. The highest BCUT2D eigenvalue weighted by molar-refractivity contribution is 5.65. The number of nitrogens with zero attached hydrogens (tertiary/aromatic N) is 2. The molecule has 17 heavy (non-hydrogen) atoms. The van der Waals surface area contributed by atoms with Gasteiger partial charge in [0.25, 0.3) is 0 Å². The molecule has 1 aromatic carbocycles. The van der Waals surface area contributed by atoms with Gasteiger partial charge < -0.3 is 0 Å². The standard InChI is InChI=1S/C14H17FN2/c1-10(2)8-17-9-12(7-16-17)14-6-13(15)5-4-11(14)3/h4-7,9-10H,8H2,1-3H3. The Kier molecular flexibility index (Phi) is 3.27. The number of hydrogen-bond acceptors (Lipinski definition) is 1. The van der Waals surface area contributed by atoms with E-state index in [0.29, 0.717) is 5.92 Å². The molecule has 0 spiro atoms. The first-order valence-electron chi connectivity index (χ1n) is 5.85. The van der Waals surface area contributed by atoms with Gasteiger partial charge in [0, 0.05) is 18.3 Å². The predicted molar refractivity (Wildman–Crippen MR) is 67.2 cm³/mol. The predicted octanol–water partition coefficient (Wildman–Crippen LogP) is 3.65. The molecule has 1 aromatic heterocycles. The smallest absolute Gasteiger partial charge is 0.123 e. The summed E-state index contributed by atoms with van der Waals surface area (Å²) in [7, 11) is 0. The van der Waals surface area contributed by atoms with Crippen LogP contribution in [0, 0.1) is 18.7 Å². The topological polar surface area (TPSA) is 17.8 Å². The highest BCUT2D eigenvalue weighted by Gasteiger charge is 2.07. The number of halogens is 1. The maximum absolute atomic E-state index is 13.2. The van der Waals surface area contributed by atoms with Crippen molar-refractivity contribution in [3.63, 3.8) is 0 Å². The third-order valence-corrected chi connectivity index (χ3v) is 2.70. The zero-order valence-corrected chi connectivity index (χ0v) is 10.4. The van der Waals surface area contributed by atoms with Crippen molar-refractivity contribution in [2.75, 3.05) is 0 Å². The lowest BCUT2D eigenvalue weighted by molar-refractivity contribution is 0.483. The summed E-state index contributed by atoms with van der Waals surface area (Å²) in [5, 5.41) is 4.30. The van der Waals surface area contributed by atoms with Crippen molar-refractivity contribution >= 4 is 0 Å². The fourth-order valence-corrected chi connectivity index (χ4v) is 1.88. The van der Waals surface area contributed by atoms with Crippen molar-refractivity contribution in [2.45, 2.75) is 27.3 Å². The molecule has 2 rings (SSSR count). The van der Waals surface area contributed by atoms with Crippen molar-refractivity contribution in [1.82, 2.24) is 9.78 Å². The molecule has 2 aromatic rings. The lowest BCUT2D eigenvalue weighted by Crippen LogP contribution is -2.03. The minimum absolute atomic E-state index is 0.206. The molecule has 90 valence electrons. The minimum atomic E-state index is -0.206. The highest BCUT2D eigenvalue weighted by Crippen LogP contribution is 2.23. The number of aryl methyl sites for hydroxylation is 1. The van der Waals surface area contributed by atoms with E-state index in [2.05, 4.69) is 18.9 Å². The fraction of sp³-hybridized carbons (Fsp3) is 0.357. The third-order valence-electron chi connectivity index (χ3n) is 2.70. The molecule has 0 atom stereocenters. The van der Waals surface area contributed by atoms with Crippen LogP contribution in [0.25, 0.3) is 11.1 Å². The summed E-state index contributed by atoms with van der Waals surface area (Å²) in [6.07, 6.45) is 3.77. The Morgan fingerprint density at radius 2 is 2.12 bits per heavy atom. The number of benzene rings is 1. The van der Waals surface area contributed by atoms with Crippen LogP contribution in [0.4, 0.5) is 4.39 Å². The van der Waals surface area contributed by atoms with Crippen LogP contribution in [-0.4, -0.2) is 9.78 Å². The van der Waals surface area contributed by atoms with Crippen molar-refractivity contribution in [1.29, 1.82) is 0 Å². The molecule has 3 heteroatoms. The first-order valence-corrected chi connectivity index (χ1v) is 5.85. The Labute approximate surface area is 101 Å². The van der Waals surface area contributed by atoms with E-state index in [0.717, 1.165) is 23.2 Å². The quantitative estimate of drug-likeness (QED) is 0.789. The normalized spacial score (nSPS) is 11.1. The molecule has 0 amide bonds. The molecule has 0 radical (unpaired) electrons. The van der Waals surface area contributed by atoms with Gasteiger partial charge in [-0.3, -0.25) is 4.68 Å². The van der Waals surface area contributed by atoms with E-state index in [9.17, 15) is 4.39 Å². The third kappa shape index (κ3) is 2.73. The van der Waals surface area contributed by atoms with E-state index in [4.69, 9.17) is 0 Å². The number of aromatic nitrogens is 2. The summed E-state index contributed by atoms with van der Waals surface area (Å²) in [5.41, 5.74) is 2.96. The van der Waals surface area contributed by atoms with E-state index in [1.807, 2.05) is 17.8 Å². The molecule has 0 saturated carbocycles. The van der Waals surface area contributed by atoms with E-state index < -0.39 is 0 Å². The first-order chi connectivity index (χ1) is 8.06. The molecule has 0 aliphatic heterocycles.